The van der Waals surface area contributed by atoms with E-state index in [9.17, 15) is 14.0 Å². The van der Waals surface area contributed by atoms with Crippen LogP contribution >= 0.6 is 0 Å². The van der Waals surface area contributed by atoms with Gasteiger partial charge in [-0.3, -0.25) is 9.59 Å². The molecule has 8 rings (SSSR count). The van der Waals surface area contributed by atoms with Gasteiger partial charge in [0, 0.05) is 30.5 Å². The van der Waals surface area contributed by atoms with E-state index in [1.54, 1.807) is 0 Å². The lowest BCUT2D eigenvalue weighted by Crippen LogP contribution is -2.52. The van der Waals surface area contributed by atoms with Gasteiger partial charge in [-0.15, -0.1) is 0 Å². The first-order valence-electron chi connectivity index (χ1n) is 18.2. The number of para-hydroxylation sites is 1. The minimum absolute atomic E-state index is 0.106. The van der Waals surface area contributed by atoms with Crippen LogP contribution in [0, 0.1) is 17.7 Å². The van der Waals surface area contributed by atoms with Crippen molar-refractivity contribution in [3.8, 4) is 17.3 Å². The van der Waals surface area contributed by atoms with E-state index in [1.165, 1.54) is 12.1 Å². The summed E-state index contributed by atoms with van der Waals surface area (Å²) in [5.74, 6) is 0.599. The van der Waals surface area contributed by atoms with Gasteiger partial charge in [-0.05, 0) is 81.5 Å². The number of benzene rings is 2. The summed E-state index contributed by atoms with van der Waals surface area (Å²) in [4.78, 5) is 36.4. The molecule has 2 bridgehead atoms. The molecule has 5 atom stereocenters. The zero-order chi connectivity index (χ0) is 35.1. The summed E-state index contributed by atoms with van der Waals surface area (Å²) >= 11 is 0. The number of ether oxygens (including phenoxy) is 1. The smallest absolute Gasteiger partial charge is 0.254 e. The number of aryl methyl sites for hydroxylation is 1. The molecule has 3 aliphatic rings. The van der Waals surface area contributed by atoms with E-state index < -0.39 is 23.9 Å². The zero-order valence-electron chi connectivity index (χ0n) is 28.7. The molecule has 1 saturated carbocycles. The Morgan fingerprint density at radius 3 is 2.76 bits per heavy atom. The molecule has 51 heavy (non-hydrogen) atoms. The van der Waals surface area contributed by atoms with E-state index in [4.69, 9.17) is 14.7 Å². The Morgan fingerprint density at radius 2 is 1.92 bits per heavy atom. The van der Waals surface area contributed by atoms with Gasteiger partial charge in [-0.2, -0.15) is 0 Å². The molecular weight excluding hydrogens is 652 g/mol. The molecule has 1 saturated heterocycles. The number of amides is 2. The second kappa shape index (κ2) is 14.1. The van der Waals surface area contributed by atoms with Gasteiger partial charge in [0.25, 0.3) is 5.91 Å². The number of imidazole rings is 1. The number of piperidine rings is 1. The average molecular weight is 696 g/mol. The number of hydrogen-bond donors (Lipinski definition) is 3. The van der Waals surface area contributed by atoms with Gasteiger partial charge in [0.15, 0.2) is 5.82 Å². The van der Waals surface area contributed by atoms with Gasteiger partial charge >= 0.3 is 0 Å². The molecule has 3 N–H and O–H groups in total. The molecule has 2 fully saturated rings. The van der Waals surface area contributed by atoms with Crippen molar-refractivity contribution in [2.75, 3.05) is 19.7 Å². The van der Waals surface area contributed by atoms with Crippen LogP contribution in [0.25, 0.3) is 33.6 Å². The highest BCUT2D eigenvalue weighted by atomic mass is 19.1. The molecule has 0 spiro atoms. The molecule has 266 valence electrons. The SMILES string of the molecule is C[C@H]1NC(=O)[C@@H]2C[C@H]2CCCCCn2c(-c3nc4cc(C(=O)N[C@H]5CNCC[C@@H]5F)c(F)cc4n3CCOc3ccccc3)cc3ccc1nc32. The van der Waals surface area contributed by atoms with Crippen molar-refractivity contribution >= 4 is 33.9 Å². The first-order valence-corrected chi connectivity index (χ1v) is 18.2. The molecule has 0 radical (unpaired) electrons. The van der Waals surface area contributed by atoms with Crippen LogP contribution in [0.2, 0.25) is 0 Å². The second-order valence-electron chi connectivity index (χ2n) is 14.2. The topological polar surface area (TPSA) is 115 Å². The summed E-state index contributed by atoms with van der Waals surface area (Å²) in [6.07, 6.45) is 4.07. The lowest BCUT2D eigenvalue weighted by molar-refractivity contribution is -0.123. The van der Waals surface area contributed by atoms with E-state index in [1.807, 2.05) is 54.0 Å². The summed E-state index contributed by atoms with van der Waals surface area (Å²) in [6, 6.07) is 17.3. The largest absolute Gasteiger partial charge is 0.492 e. The van der Waals surface area contributed by atoms with E-state index in [2.05, 4.69) is 26.6 Å². The maximum atomic E-state index is 15.8. The van der Waals surface area contributed by atoms with E-state index in [0.29, 0.717) is 49.0 Å². The second-order valence-corrected chi connectivity index (χ2v) is 14.2. The van der Waals surface area contributed by atoms with Crippen LogP contribution in [0.5, 0.6) is 5.75 Å². The molecule has 1 aliphatic carbocycles. The highest BCUT2D eigenvalue weighted by molar-refractivity contribution is 5.98. The standard InChI is InChI=1S/C39H43F2N7O3/c1-23-31-12-11-25-19-35(47(36(25)44-31)15-7-3-4-8-24-18-27(24)38(49)43-23)37-45-32-20-28(39(50)46-33-22-42-14-13-29(33)40)30(41)21-34(32)48(37)16-17-51-26-9-5-2-6-10-26/h2,5-6,9-12,19-21,23-24,27,29,33,42H,3-4,7-8,13-18,22H2,1H3,(H,43,49)(H,46,50)/t23-,24-,27-,29+,33+/m1/s1. The molecule has 2 aliphatic heterocycles. The number of carbonyl (C=O) groups excluding carboxylic acids is 2. The number of nitrogens with zero attached hydrogens (tertiary/aromatic N) is 4. The molecular formula is C39H43F2N7O3. The minimum Gasteiger partial charge on any atom is -0.492 e. The number of rotatable bonds is 7. The predicted molar refractivity (Wildman–Crippen MR) is 191 cm³/mol. The van der Waals surface area contributed by atoms with Crippen molar-refractivity contribution in [1.82, 2.24) is 35.1 Å². The van der Waals surface area contributed by atoms with Gasteiger partial charge in [-0.1, -0.05) is 31.0 Å². The van der Waals surface area contributed by atoms with Crippen molar-refractivity contribution in [3.63, 3.8) is 0 Å². The lowest BCUT2D eigenvalue weighted by Gasteiger charge is -2.27. The average Bonchev–Trinajstić information content (AvgIpc) is 3.71. The van der Waals surface area contributed by atoms with Crippen LogP contribution in [0.3, 0.4) is 0 Å². The van der Waals surface area contributed by atoms with Gasteiger partial charge < -0.3 is 29.8 Å². The molecule has 10 nitrogen and oxygen atoms in total. The molecule has 0 unspecified atom stereocenters. The first kappa shape index (κ1) is 33.3. The Morgan fingerprint density at radius 1 is 1.06 bits per heavy atom. The van der Waals surface area contributed by atoms with Gasteiger partial charge in [0.2, 0.25) is 5.91 Å². The van der Waals surface area contributed by atoms with Crippen LogP contribution in [0.1, 0.15) is 67.5 Å². The molecule has 2 amide bonds. The van der Waals surface area contributed by atoms with Gasteiger partial charge in [-0.25, -0.2) is 18.7 Å². The molecule has 5 heterocycles. The quantitative estimate of drug-likeness (QED) is 0.190. The highest BCUT2D eigenvalue weighted by Crippen LogP contribution is 2.43. The van der Waals surface area contributed by atoms with E-state index >= 15 is 4.39 Å². The van der Waals surface area contributed by atoms with Gasteiger partial charge in [0.1, 0.15) is 30.0 Å². The predicted octanol–water partition coefficient (Wildman–Crippen LogP) is 6.09. The number of hydrogen-bond acceptors (Lipinski definition) is 6. The zero-order valence-corrected chi connectivity index (χ0v) is 28.7. The Hall–Kier alpha value is -4.84. The maximum Gasteiger partial charge on any atom is 0.254 e. The molecule has 12 heteroatoms. The van der Waals surface area contributed by atoms with Crippen LogP contribution in [-0.2, 0) is 17.9 Å². The fourth-order valence-corrected chi connectivity index (χ4v) is 7.66. The van der Waals surface area contributed by atoms with E-state index in [-0.39, 0.29) is 36.4 Å². The van der Waals surface area contributed by atoms with Crippen molar-refractivity contribution in [1.29, 1.82) is 0 Å². The Labute approximate surface area is 295 Å². The number of pyridine rings is 1. The van der Waals surface area contributed by atoms with Crippen LogP contribution in [0.4, 0.5) is 8.78 Å². The summed E-state index contributed by atoms with van der Waals surface area (Å²) < 4.78 is 40.6. The number of halogens is 2. The Balaban J connectivity index is 1.20. The van der Waals surface area contributed by atoms with Crippen LogP contribution in [-0.4, -0.2) is 62.8 Å². The highest BCUT2D eigenvalue weighted by Gasteiger charge is 2.42. The van der Waals surface area contributed by atoms with Gasteiger partial charge in [0.05, 0.1) is 46.6 Å². The summed E-state index contributed by atoms with van der Waals surface area (Å²) in [6.45, 7) is 4.14. The number of carbonyl (C=O) groups is 2. The van der Waals surface area contributed by atoms with Crippen molar-refractivity contribution in [2.45, 2.75) is 76.8 Å². The first-order chi connectivity index (χ1) is 24.8. The number of nitrogens with one attached hydrogen (secondary N) is 3. The summed E-state index contributed by atoms with van der Waals surface area (Å²) in [5.41, 5.74) is 3.16. The molecule has 3 aromatic heterocycles. The van der Waals surface area contributed by atoms with Crippen molar-refractivity contribution < 1.29 is 23.1 Å². The normalized spacial score (nSPS) is 23.8. The third kappa shape index (κ3) is 6.81. The lowest BCUT2D eigenvalue weighted by atomic mass is 10.0. The minimum atomic E-state index is -1.21. The van der Waals surface area contributed by atoms with Crippen LogP contribution in [0.15, 0.2) is 60.7 Å². The third-order valence-corrected chi connectivity index (χ3v) is 10.6. The van der Waals surface area contributed by atoms with Crippen molar-refractivity contribution in [2.24, 2.45) is 11.8 Å². The fraction of sp³-hybridized carbons (Fsp3) is 0.436. The number of alkyl halides is 1. The molecule has 5 aromatic rings. The monoisotopic (exact) mass is 695 g/mol. The van der Waals surface area contributed by atoms with E-state index in [0.717, 1.165) is 60.3 Å². The number of aromatic nitrogens is 4. The van der Waals surface area contributed by atoms with Crippen LogP contribution < -0.4 is 20.7 Å². The third-order valence-electron chi connectivity index (χ3n) is 10.6. The Kier molecular flexibility index (Phi) is 9.18. The Bertz CT molecular complexity index is 2080. The summed E-state index contributed by atoms with van der Waals surface area (Å²) in [5, 5.41) is 9.88. The fourth-order valence-electron chi connectivity index (χ4n) is 7.66. The summed E-state index contributed by atoms with van der Waals surface area (Å²) in [7, 11) is 0. The maximum absolute atomic E-state index is 15.8. The molecule has 2 aromatic carbocycles. The van der Waals surface area contributed by atoms with Crippen molar-refractivity contribution in [3.05, 3.63) is 77.7 Å². The number of fused-ring (bicyclic) bond motifs is 3.